The van der Waals surface area contributed by atoms with Crippen LogP contribution in [0.4, 0.5) is 0 Å². The van der Waals surface area contributed by atoms with Gasteiger partial charge in [-0.25, -0.2) is 0 Å². The highest BCUT2D eigenvalue weighted by Crippen LogP contribution is 2.31. The Bertz CT molecular complexity index is 628. The molecule has 0 aliphatic heterocycles. The third-order valence-corrected chi connectivity index (χ3v) is 8.68. The van der Waals surface area contributed by atoms with Crippen molar-refractivity contribution in [3.8, 4) is 0 Å². The SMILES string of the molecule is CCCCCCCCCc1ccc(P(O)O)c(CCCCCCCCC)c1CCCCCCCCC. The maximum absolute atomic E-state index is 10.2. The molecule has 0 spiro atoms. The third kappa shape index (κ3) is 15.7. The van der Waals surface area contributed by atoms with Crippen LogP contribution in [0.3, 0.4) is 0 Å². The quantitative estimate of drug-likeness (QED) is 0.0994. The van der Waals surface area contributed by atoms with Crippen LogP contribution >= 0.6 is 8.38 Å². The highest BCUT2D eigenvalue weighted by molar-refractivity contribution is 7.54. The van der Waals surface area contributed by atoms with Gasteiger partial charge in [-0.2, -0.15) is 0 Å². The molecule has 0 radical (unpaired) electrons. The number of hydrogen-bond acceptors (Lipinski definition) is 2. The Morgan fingerprint density at radius 2 is 0.806 bits per heavy atom. The largest absolute Gasteiger partial charge is 0.347 e. The zero-order chi connectivity index (χ0) is 26.3. The van der Waals surface area contributed by atoms with Crippen molar-refractivity contribution in [1.29, 1.82) is 0 Å². The van der Waals surface area contributed by atoms with Crippen molar-refractivity contribution < 1.29 is 9.79 Å². The van der Waals surface area contributed by atoms with Crippen LogP contribution in [0.25, 0.3) is 0 Å². The number of aryl methyl sites for hydroxylation is 1. The Balaban J connectivity index is 2.79. The van der Waals surface area contributed by atoms with Crippen molar-refractivity contribution >= 4 is 13.7 Å². The number of unbranched alkanes of at least 4 members (excludes halogenated alkanes) is 18. The predicted molar refractivity (Wildman–Crippen MR) is 163 cm³/mol. The van der Waals surface area contributed by atoms with Crippen molar-refractivity contribution in [2.24, 2.45) is 0 Å². The summed E-state index contributed by atoms with van der Waals surface area (Å²) in [6, 6.07) is 4.28. The molecule has 0 aliphatic rings. The van der Waals surface area contributed by atoms with Crippen LogP contribution < -0.4 is 5.30 Å². The summed E-state index contributed by atoms with van der Waals surface area (Å²) in [4.78, 5) is 20.5. The lowest BCUT2D eigenvalue weighted by atomic mass is 9.90. The maximum Gasteiger partial charge on any atom is 0.199 e. The molecule has 0 amide bonds. The van der Waals surface area contributed by atoms with E-state index in [0.29, 0.717) is 0 Å². The van der Waals surface area contributed by atoms with E-state index >= 15 is 0 Å². The number of benzene rings is 1. The van der Waals surface area contributed by atoms with Crippen LogP contribution in [0, 0.1) is 0 Å². The lowest BCUT2D eigenvalue weighted by molar-refractivity contribution is 0.496. The molecule has 0 aliphatic carbocycles. The molecule has 0 unspecified atom stereocenters. The van der Waals surface area contributed by atoms with Gasteiger partial charge in [-0.15, -0.1) is 0 Å². The van der Waals surface area contributed by atoms with Gasteiger partial charge in [-0.1, -0.05) is 142 Å². The Hall–Kier alpha value is -0.430. The molecule has 36 heavy (non-hydrogen) atoms. The van der Waals surface area contributed by atoms with E-state index in [1.807, 2.05) is 6.07 Å². The smallest absolute Gasteiger partial charge is 0.199 e. The fourth-order valence-electron chi connectivity index (χ4n) is 5.53. The van der Waals surface area contributed by atoms with Crippen molar-refractivity contribution in [1.82, 2.24) is 0 Å². The molecule has 1 rings (SSSR count). The second kappa shape index (κ2) is 23.7. The second-order valence-electron chi connectivity index (χ2n) is 11.1. The molecule has 0 bridgehead atoms. The standard InChI is InChI=1S/C33H61O2P/c1-4-7-10-13-16-19-22-25-30-28-29-33(36(34)35)32(27-24-21-18-15-12-9-6-3)31(30)26-23-20-17-14-11-8-5-2/h28-29,34-35H,4-27H2,1-3H3. The van der Waals surface area contributed by atoms with Gasteiger partial charge in [0.15, 0.2) is 8.38 Å². The van der Waals surface area contributed by atoms with Crippen molar-refractivity contribution in [3.63, 3.8) is 0 Å². The van der Waals surface area contributed by atoms with E-state index in [0.717, 1.165) is 24.6 Å². The number of hydrogen-bond donors (Lipinski definition) is 2. The van der Waals surface area contributed by atoms with E-state index in [1.54, 1.807) is 0 Å². The van der Waals surface area contributed by atoms with Gasteiger partial charge in [0.2, 0.25) is 0 Å². The molecule has 1 aromatic rings. The van der Waals surface area contributed by atoms with Gasteiger partial charge in [0.05, 0.1) is 0 Å². The first-order valence-corrected chi connectivity index (χ1v) is 17.2. The van der Waals surface area contributed by atoms with Crippen molar-refractivity contribution in [2.45, 2.75) is 175 Å². The first-order chi connectivity index (χ1) is 17.7. The van der Waals surface area contributed by atoms with Crippen LogP contribution in [-0.2, 0) is 19.3 Å². The van der Waals surface area contributed by atoms with Gasteiger partial charge in [0, 0.05) is 5.30 Å². The summed E-state index contributed by atoms with van der Waals surface area (Å²) in [6.07, 6.45) is 31.1. The molecule has 2 N–H and O–H groups in total. The fourth-order valence-corrected chi connectivity index (χ4v) is 6.23. The summed E-state index contributed by atoms with van der Waals surface area (Å²) in [6.45, 7) is 6.84. The molecule has 0 atom stereocenters. The lowest BCUT2D eigenvalue weighted by Crippen LogP contribution is -2.15. The minimum absolute atomic E-state index is 0.831. The van der Waals surface area contributed by atoms with E-state index in [4.69, 9.17) is 0 Å². The summed E-state index contributed by atoms with van der Waals surface area (Å²) in [5.41, 5.74) is 4.27. The van der Waals surface area contributed by atoms with E-state index < -0.39 is 8.38 Å². The first kappa shape index (κ1) is 33.6. The normalized spacial score (nSPS) is 11.6. The highest BCUT2D eigenvalue weighted by atomic mass is 31.2. The minimum atomic E-state index is -2.03. The fraction of sp³-hybridized carbons (Fsp3) is 0.818. The Morgan fingerprint density at radius 1 is 0.444 bits per heavy atom. The molecule has 210 valence electrons. The van der Waals surface area contributed by atoms with Gasteiger partial charge < -0.3 is 9.79 Å². The Morgan fingerprint density at radius 3 is 1.22 bits per heavy atom. The summed E-state index contributed by atoms with van der Waals surface area (Å²) >= 11 is 0. The van der Waals surface area contributed by atoms with Gasteiger partial charge in [-0.05, 0) is 61.3 Å². The van der Waals surface area contributed by atoms with E-state index in [2.05, 4.69) is 26.8 Å². The Labute approximate surface area is 227 Å². The number of rotatable bonds is 25. The predicted octanol–water partition coefficient (Wildman–Crippen LogP) is 10.5. The molecule has 0 heterocycles. The van der Waals surface area contributed by atoms with Crippen LogP contribution in [0.1, 0.15) is 172 Å². The zero-order valence-electron chi connectivity index (χ0n) is 24.5. The monoisotopic (exact) mass is 520 g/mol. The average Bonchev–Trinajstić information content (AvgIpc) is 2.87. The van der Waals surface area contributed by atoms with Crippen molar-refractivity contribution in [3.05, 3.63) is 28.8 Å². The van der Waals surface area contributed by atoms with E-state index in [9.17, 15) is 9.79 Å². The topological polar surface area (TPSA) is 40.5 Å². The van der Waals surface area contributed by atoms with E-state index in [-0.39, 0.29) is 0 Å². The molecule has 1 aromatic carbocycles. The van der Waals surface area contributed by atoms with Crippen LogP contribution in [-0.4, -0.2) is 9.79 Å². The third-order valence-electron chi connectivity index (χ3n) is 7.83. The van der Waals surface area contributed by atoms with Crippen LogP contribution in [0.2, 0.25) is 0 Å². The molecule has 0 aromatic heterocycles. The molecule has 3 heteroatoms. The van der Waals surface area contributed by atoms with Crippen LogP contribution in [0.15, 0.2) is 12.1 Å². The maximum atomic E-state index is 10.2. The molecule has 0 saturated carbocycles. The zero-order valence-corrected chi connectivity index (χ0v) is 25.4. The first-order valence-electron chi connectivity index (χ1n) is 16.0. The van der Waals surface area contributed by atoms with Gasteiger partial charge in [0.25, 0.3) is 0 Å². The minimum Gasteiger partial charge on any atom is -0.347 e. The molecule has 0 saturated heterocycles. The van der Waals surface area contributed by atoms with Crippen molar-refractivity contribution in [2.75, 3.05) is 0 Å². The Kier molecular flexibility index (Phi) is 22.1. The second-order valence-corrected chi connectivity index (χ2v) is 12.2. The summed E-state index contributed by atoms with van der Waals surface area (Å²) in [7, 11) is -2.03. The average molecular weight is 521 g/mol. The molecular formula is C33H61O2P. The van der Waals surface area contributed by atoms with Gasteiger partial charge >= 0.3 is 0 Å². The molecule has 0 fully saturated rings. The molecular weight excluding hydrogens is 459 g/mol. The summed E-state index contributed by atoms with van der Waals surface area (Å²) in [5, 5.41) is 0.831. The van der Waals surface area contributed by atoms with Gasteiger partial charge in [-0.3, -0.25) is 0 Å². The lowest BCUT2D eigenvalue weighted by Gasteiger charge is -2.20. The van der Waals surface area contributed by atoms with E-state index in [1.165, 1.54) is 152 Å². The van der Waals surface area contributed by atoms with Gasteiger partial charge in [0.1, 0.15) is 0 Å². The highest BCUT2D eigenvalue weighted by Gasteiger charge is 2.17. The summed E-state index contributed by atoms with van der Waals surface area (Å²) < 4.78 is 0. The molecule has 2 nitrogen and oxygen atoms in total. The summed E-state index contributed by atoms with van der Waals surface area (Å²) in [5.74, 6) is 0. The van der Waals surface area contributed by atoms with Crippen LogP contribution in [0.5, 0.6) is 0 Å².